The Morgan fingerprint density at radius 3 is 2.72 bits per heavy atom. The fraction of sp³-hybridized carbons (Fsp3) is 0.458. The average Bonchev–Trinajstić information content (AvgIpc) is 3.06. The van der Waals surface area contributed by atoms with Crippen LogP contribution in [-0.2, 0) is 30.2 Å². The molecule has 170 valence electrons. The Labute approximate surface area is 188 Å². The first kappa shape index (κ1) is 21.3. The second-order valence-corrected chi connectivity index (χ2v) is 11.1. The molecule has 2 bridgehead atoms. The molecule has 0 aliphatic carbocycles. The normalized spacial score (nSPS) is 20.9. The average molecular weight is 455 g/mol. The summed E-state index contributed by atoms with van der Waals surface area (Å²) in [4.78, 5) is 15.6. The van der Waals surface area contributed by atoms with Crippen molar-refractivity contribution in [2.24, 2.45) is 13.0 Å². The number of para-hydroxylation sites is 1. The van der Waals surface area contributed by atoms with E-state index in [4.69, 9.17) is 0 Å². The minimum atomic E-state index is -3.49. The predicted octanol–water partition coefficient (Wildman–Crippen LogP) is 3.11. The van der Waals surface area contributed by atoms with Crippen molar-refractivity contribution in [3.63, 3.8) is 0 Å². The largest absolute Gasteiger partial charge is 0.350 e. The highest BCUT2D eigenvalue weighted by molar-refractivity contribution is 7.92. The van der Waals surface area contributed by atoms with Crippen molar-refractivity contribution < 1.29 is 8.42 Å². The predicted molar refractivity (Wildman–Crippen MR) is 127 cm³/mol. The van der Waals surface area contributed by atoms with Gasteiger partial charge in [-0.1, -0.05) is 25.1 Å². The number of benzene rings is 1. The van der Waals surface area contributed by atoms with Gasteiger partial charge in [0.2, 0.25) is 10.0 Å². The molecule has 1 fully saturated rings. The zero-order valence-electron chi connectivity index (χ0n) is 18.6. The molecule has 2 aromatic heterocycles. The van der Waals surface area contributed by atoms with E-state index >= 15 is 0 Å². The second kappa shape index (κ2) is 8.08. The van der Waals surface area contributed by atoms with Crippen LogP contribution in [0.15, 0.2) is 47.4 Å². The molecule has 8 heteroatoms. The van der Waals surface area contributed by atoms with Crippen LogP contribution < -0.4 is 10.3 Å². The van der Waals surface area contributed by atoms with Crippen molar-refractivity contribution in [3.05, 3.63) is 64.2 Å². The molecular weight excluding hydrogens is 424 g/mol. The molecule has 1 saturated heterocycles. The van der Waals surface area contributed by atoms with Crippen LogP contribution >= 0.6 is 0 Å². The Kier molecular flexibility index (Phi) is 5.37. The first-order chi connectivity index (χ1) is 15.3. The molecule has 2 aliphatic rings. The van der Waals surface area contributed by atoms with Gasteiger partial charge in [-0.3, -0.25) is 14.4 Å². The number of anilines is 1. The molecule has 0 amide bonds. The summed E-state index contributed by atoms with van der Waals surface area (Å²) < 4.78 is 30.8. The van der Waals surface area contributed by atoms with Gasteiger partial charge in [0.1, 0.15) is 5.69 Å². The highest BCUT2D eigenvalue weighted by atomic mass is 32.2. The number of aryl methyl sites for hydroxylation is 1. The lowest BCUT2D eigenvalue weighted by atomic mass is 9.83. The Morgan fingerprint density at radius 1 is 1.09 bits per heavy atom. The summed E-state index contributed by atoms with van der Waals surface area (Å²) in [5.74, 6) is 0.686. The molecule has 0 saturated carbocycles. The van der Waals surface area contributed by atoms with Crippen molar-refractivity contribution in [2.75, 3.05) is 23.6 Å². The minimum Gasteiger partial charge on any atom is -0.350 e. The SMILES string of the molecule is CCCS(=O)(=O)Nc1ccc2n(c1=O)C[C@@H]1C[C@@H]2CN(Cc2cn(C)c3ccccc23)C1. The summed E-state index contributed by atoms with van der Waals surface area (Å²) in [7, 11) is -1.40. The summed E-state index contributed by atoms with van der Waals surface area (Å²) >= 11 is 0. The minimum absolute atomic E-state index is 0.0164. The van der Waals surface area contributed by atoms with Gasteiger partial charge in [-0.2, -0.15) is 0 Å². The number of nitrogens with zero attached hydrogens (tertiary/aromatic N) is 3. The quantitative estimate of drug-likeness (QED) is 0.621. The van der Waals surface area contributed by atoms with E-state index in [0.29, 0.717) is 18.9 Å². The first-order valence-electron chi connectivity index (χ1n) is 11.3. The highest BCUT2D eigenvalue weighted by Crippen LogP contribution is 2.36. The summed E-state index contributed by atoms with van der Waals surface area (Å²) in [5.41, 5.74) is 3.54. The van der Waals surface area contributed by atoms with E-state index in [1.165, 1.54) is 16.5 Å². The lowest BCUT2D eigenvalue weighted by Crippen LogP contribution is -2.47. The molecule has 0 radical (unpaired) electrons. The number of hydrogen-bond donors (Lipinski definition) is 1. The number of rotatable bonds is 6. The van der Waals surface area contributed by atoms with Gasteiger partial charge in [0.05, 0.1) is 5.75 Å². The van der Waals surface area contributed by atoms with Crippen molar-refractivity contribution in [3.8, 4) is 0 Å². The molecule has 2 atom stereocenters. The Morgan fingerprint density at radius 2 is 1.91 bits per heavy atom. The van der Waals surface area contributed by atoms with E-state index in [9.17, 15) is 13.2 Å². The second-order valence-electron chi connectivity index (χ2n) is 9.28. The van der Waals surface area contributed by atoms with Crippen LogP contribution in [0.4, 0.5) is 5.69 Å². The summed E-state index contributed by atoms with van der Waals surface area (Å²) in [6.45, 7) is 5.19. The van der Waals surface area contributed by atoms with Crippen LogP contribution in [-0.4, -0.2) is 41.3 Å². The van der Waals surface area contributed by atoms with Crippen molar-refractivity contribution in [1.82, 2.24) is 14.0 Å². The molecule has 3 aromatic rings. The molecule has 7 nitrogen and oxygen atoms in total. The number of pyridine rings is 1. The van der Waals surface area contributed by atoms with Crippen molar-refractivity contribution in [2.45, 2.75) is 38.8 Å². The lowest BCUT2D eigenvalue weighted by Gasteiger charge is -2.43. The van der Waals surface area contributed by atoms with Gasteiger partial charge >= 0.3 is 0 Å². The molecule has 2 aliphatic heterocycles. The van der Waals surface area contributed by atoms with Crippen LogP contribution in [0.1, 0.15) is 36.9 Å². The van der Waals surface area contributed by atoms with E-state index in [0.717, 1.165) is 31.7 Å². The number of sulfonamides is 1. The monoisotopic (exact) mass is 454 g/mol. The van der Waals surface area contributed by atoms with Crippen LogP contribution in [0.3, 0.4) is 0 Å². The Hall–Kier alpha value is -2.58. The third-order valence-corrected chi connectivity index (χ3v) is 8.27. The summed E-state index contributed by atoms with van der Waals surface area (Å²) in [6.07, 6.45) is 3.81. The van der Waals surface area contributed by atoms with Crippen LogP contribution in [0.25, 0.3) is 10.9 Å². The van der Waals surface area contributed by atoms with Gasteiger partial charge in [0.15, 0.2) is 0 Å². The standard InChI is InChI=1S/C24H30N4O3S/c1-3-10-32(30,31)25-21-8-9-22-18-11-17(13-28(22)24(21)29)12-27(15-18)16-19-14-26(2)23-7-5-4-6-20(19)23/h4-9,14,17-18,25H,3,10-13,15-16H2,1-2H3/t17-,18-/m1/s1. The maximum atomic E-state index is 13.1. The van der Waals surface area contributed by atoms with Crippen LogP contribution in [0.5, 0.6) is 0 Å². The third-order valence-electron chi connectivity index (χ3n) is 6.79. The fourth-order valence-corrected chi connectivity index (χ4v) is 6.66. The van der Waals surface area contributed by atoms with Crippen LogP contribution in [0.2, 0.25) is 0 Å². The lowest BCUT2D eigenvalue weighted by molar-refractivity contribution is 0.115. The smallest absolute Gasteiger partial charge is 0.275 e. The molecule has 5 rings (SSSR count). The molecule has 32 heavy (non-hydrogen) atoms. The zero-order valence-corrected chi connectivity index (χ0v) is 19.4. The molecule has 1 N–H and O–H groups in total. The maximum Gasteiger partial charge on any atom is 0.275 e. The topological polar surface area (TPSA) is 76.3 Å². The molecule has 4 heterocycles. The highest BCUT2D eigenvalue weighted by Gasteiger charge is 2.35. The summed E-state index contributed by atoms with van der Waals surface area (Å²) in [6, 6.07) is 12.1. The maximum absolute atomic E-state index is 13.1. The first-order valence-corrected chi connectivity index (χ1v) is 13.0. The molecule has 1 aromatic carbocycles. The van der Waals surface area contributed by atoms with Gasteiger partial charge < -0.3 is 9.13 Å². The zero-order chi connectivity index (χ0) is 22.5. The van der Waals surface area contributed by atoms with Crippen LogP contribution in [0, 0.1) is 5.92 Å². The summed E-state index contributed by atoms with van der Waals surface area (Å²) in [5, 5.41) is 1.30. The number of likely N-dealkylation sites (tertiary alicyclic amines) is 1. The molecule has 0 spiro atoms. The van der Waals surface area contributed by atoms with Gasteiger partial charge in [0.25, 0.3) is 5.56 Å². The van der Waals surface area contributed by atoms with E-state index in [1.807, 2.05) is 13.0 Å². The number of hydrogen-bond acceptors (Lipinski definition) is 4. The van der Waals surface area contributed by atoms with Gasteiger partial charge in [-0.05, 0) is 42.5 Å². The third kappa shape index (κ3) is 3.86. The van der Waals surface area contributed by atoms with Gasteiger partial charge in [0, 0.05) is 61.9 Å². The Balaban J connectivity index is 1.39. The van der Waals surface area contributed by atoms with Gasteiger partial charge in [-0.15, -0.1) is 0 Å². The van der Waals surface area contributed by atoms with Crippen molar-refractivity contribution >= 4 is 26.6 Å². The molecular formula is C24H30N4O3S. The fourth-order valence-electron chi connectivity index (χ4n) is 5.53. The van der Waals surface area contributed by atoms with E-state index in [-0.39, 0.29) is 22.9 Å². The van der Waals surface area contributed by atoms with E-state index < -0.39 is 10.0 Å². The van der Waals surface area contributed by atoms with Crippen molar-refractivity contribution in [1.29, 1.82) is 0 Å². The van der Waals surface area contributed by atoms with E-state index in [2.05, 4.69) is 51.7 Å². The van der Waals surface area contributed by atoms with E-state index in [1.54, 1.807) is 10.6 Å². The number of aromatic nitrogens is 2. The number of fused-ring (bicyclic) bond motifs is 5. The van der Waals surface area contributed by atoms with Gasteiger partial charge in [-0.25, -0.2) is 8.42 Å². The number of nitrogens with one attached hydrogen (secondary N) is 1. The molecule has 0 unspecified atom stereocenters. The Bertz CT molecular complexity index is 1320. The number of piperidine rings is 1.